The van der Waals surface area contributed by atoms with Crippen LogP contribution in [0, 0.1) is 0 Å². The Bertz CT molecular complexity index is 163. The Hall–Kier alpha value is -0.610. The quantitative estimate of drug-likeness (QED) is 0.448. The van der Waals surface area contributed by atoms with E-state index < -0.39 is 6.04 Å². The third-order valence-electron chi connectivity index (χ3n) is 2.26. The third-order valence-corrected chi connectivity index (χ3v) is 2.26. The van der Waals surface area contributed by atoms with Gasteiger partial charge in [-0.2, -0.15) is 0 Å². The van der Waals surface area contributed by atoms with E-state index in [1.807, 2.05) is 0 Å². The first-order chi connectivity index (χ1) is 7.22. The standard InChI is InChI=1S/C11H24N2O2/c1-2-3-6-9-15-11(14)10(13)7-4-5-8-12/h10H,2-9,12-13H2,1H3. The molecule has 1 atom stereocenters. The summed E-state index contributed by atoms with van der Waals surface area (Å²) in [4.78, 5) is 11.3. The van der Waals surface area contributed by atoms with Gasteiger partial charge in [0.2, 0.25) is 0 Å². The van der Waals surface area contributed by atoms with E-state index in [0.29, 0.717) is 19.6 Å². The molecule has 0 heterocycles. The summed E-state index contributed by atoms with van der Waals surface area (Å²) in [6.07, 6.45) is 5.62. The van der Waals surface area contributed by atoms with E-state index in [9.17, 15) is 4.79 Å². The molecule has 1 unspecified atom stereocenters. The predicted octanol–water partition coefficient (Wildman–Crippen LogP) is 1.18. The van der Waals surface area contributed by atoms with E-state index in [1.54, 1.807) is 0 Å². The summed E-state index contributed by atoms with van der Waals surface area (Å²) in [5.41, 5.74) is 11.0. The van der Waals surface area contributed by atoms with Crippen molar-refractivity contribution in [3.63, 3.8) is 0 Å². The van der Waals surface area contributed by atoms with Gasteiger partial charge in [0, 0.05) is 0 Å². The average Bonchev–Trinajstić information content (AvgIpc) is 2.24. The number of rotatable bonds is 9. The summed E-state index contributed by atoms with van der Waals surface area (Å²) in [5.74, 6) is -0.275. The molecule has 0 bridgehead atoms. The van der Waals surface area contributed by atoms with Crippen LogP contribution in [0.15, 0.2) is 0 Å². The summed E-state index contributed by atoms with van der Waals surface area (Å²) in [5, 5.41) is 0. The average molecular weight is 216 g/mol. The molecule has 0 radical (unpaired) electrons. The van der Waals surface area contributed by atoms with Crippen molar-refractivity contribution >= 4 is 5.97 Å². The molecule has 0 saturated carbocycles. The van der Waals surface area contributed by atoms with Gasteiger partial charge < -0.3 is 16.2 Å². The molecule has 0 aliphatic carbocycles. The topological polar surface area (TPSA) is 78.3 Å². The van der Waals surface area contributed by atoms with Crippen LogP contribution in [-0.4, -0.2) is 25.2 Å². The fourth-order valence-electron chi connectivity index (χ4n) is 1.26. The Morgan fingerprint density at radius 2 is 2.00 bits per heavy atom. The molecule has 0 aliphatic heterocycles. The van der Waals surface area contributed by atoms with Crippen molar-refractivity contribution in [2.24, 2.45) is 11.5 Å². The number of hydrogen-bond donors (Lipinski definition) is 2. The first-order valence-electron chi connectivity index (χ1n) is 5.84. The lowest BCUT2D eigenvalue weighted by molar-refractivity contribution is -0.145. The van der Waals surface area contributed by atoms with E-state index in [4.69, 9.17) is 16.2 Å². The Balaban J connectivity index is 3.42. The SMILES string of the molecule is CCCCCOC(=O)C(N)CCCCN. The van der Waals surface area contributed by atoms with Gasteiger partial charge in [0.15, 0.2) is 0 Å². The molecule has 0 aromatic rings. The summed E-state index contributed by atoms with van der Waals surface area (Å²) >= 11 is 0. The maximum Gasteiger partial charge on any atom is 0.322 e. The molecule has 0 saturated heterocycles. The van der Waals surface area contributed by atoms with Crippen molar-refractivity contribution in [1.29, 1.82) is 0 Å². The van der Waals surface area contributed by atoms with E-state index in [0.717, 1.165) is 32.1 Å². The molecule has 4 N–H and O–H groups in total. The van der Waals surface area contributed by atoms with Crippen LogP contribution in [0.3, 0.4) is 0 Å². The molecule has 4 nitrogen and oxygen atoms in total. The second kappa shape index (κ2) is 9.93. The van der Waals surface area contributed by atoms with Crippen molar-refractivity contribution < 1.29 is 9.53 Å². The predicted molar refractivity (Wildman–Crippen MR) is 61.4 cm³/mol. The van der Waals surface area contributed by atoms with Gasteiger partial charge in [-0.1, -0.05) is 26.2 Å². The smallest absolute Gasteiger partial charge is 0.322 e. The maximum absolute atomic E-state index is 11.3. The molecule has 0 fully saturated rings. The van der Waals surface area contributed by atoms with Crippen LogP contribution in [0.5, 0.6) is 0 Å². The lowest BCUT2D eigenvalue weighted by atomic mass is 10.1. The zero-order valence-electron chi connectivity index (χ0n) is 9.71. The zero-order valence-corrected chi connectivity index (χ0v) is 9.71. The number of carbonyl (C=O) groups is 1. The Morgan fingerprint density at radius 1 is 1.27 bits per heavy atom. The van der Waals surface area contributed by atoms with Crippen molar-refractivity contribution in [3.05, 3.63) is 0 Å². The Labute approximate surface area is 92.3 Å². The number of hydrogen-bond acceptors (Lipinski definition) is 4. The van der Waals surface area contributed by atoms with Crippen LogP contribution in [-0.2, 0) is 9.53 Å². The number of nitrogens with two attached hydrogens (primary N) is 2. The van der Waals surface area contributed by atoms with Gasteiger partial charge in [-0.15, -0.1) is 0 Å². The van der Waals surface area contributed by atoms with E-state index in [1.165, 1.54) is 0 Å². The second-order valence-electron chi connectivity index (χ2n) is 3.77. The second-order valence-corrected chi connectivity index (χ2v) is 3.77. The lowest BCUT2D eigenvalue weighted by Gasteiger charge is -2.10. The van der Waals surface area contributed by atoms with Gasteiger partial charge >= 0.3 is 5.97 Å². The highest BCUT2D eigenvalue weighted by Crippen LogP contribution is 2.01. The van der Waals surface area contributed by atoms with Crippen LogP contribution in [0.2, 0.25) is 0 Å². The fraction of sp³-hybridized carbons (Fsp3) is 0.909. The minimum absolute atomic E-state index is 0.275. The van der Waals surface area contributed by atoms with Crippen molar-refractivity contribution in [3.8, 4) is 0 Å². The molecule has 4 heteroatoms. The molecule has 0 spiro atoms. The van der Waals surface area contributed by atoms with Gasteiger partial charge in [-0.3, -0.25) is 4.79 Å². The van der Waals surface area contributed by atoms with Gasteiger partial charge in [-0.25, -0.2) is 0 Å². The first kappa shape index (κ1) is 14.4. The van der Waals surface area contributed by atoms with E-state index in [2.05, 4.69) is 6.92 Å². The van der Waals surface area contributed by atoms with Crippen molar-refractivity contribution in [2.75, 3.05) is 13.2 Å². The third kappa shape index (κ3) is 8.39. The fourth-order valence-corrected chi connectivity index (χ4v) is 1.26. The number of esters is 1. The highest BCUT2D eigenvalue weighted by atomic mass is 16.5. The minimum atomic E-state index is -0.474. The molecule has 15 heavy (non-hydrogen) atoms. The van der Waals surface area contributed by atoms with Crippen LogP contribution in [0.1, 0.15) is 45.4 Å². The Morgan fingerprint density at radius 3 is 2.60 bits per heavy atom. The molecule has 0 aliphatic rings. The summed E-state index contributed by atoms with van der Waals surface area (Å²) < 4.78 is 5.04. The van der Waals surface area contributed by atoms with Gasteiger partial charge in [-0.05, 0) is 25.8 Å². The molecule has 90 valence electrons. The molecule has 0 aromatic carbocycles. The van der Waals surface area contributed by atoms with E-state index >= 15 is 0 Å². The summed E-state index contributed by atoms with van der Waals surface area (Å²) in [7, 11) is 0. The van der Waals surface area contributed by atoms with Gasteiger partial charge in [0.1, 0.15) is 6.04 Å². The molecule has 0 amide bonds. The Kier molecular flexibility index (Phi) is 9.52. The van der Waals surface area contributed by atoms with Crippen LogP contribution >= 0.6 is 0 Å². The van der Waals surface area contributed by atoms with Crippen molar-refractivity contribution in [1.82, 2.24) is 0 Å². The van der Waals surface area contributed by atoms with Gasteiger partial charge in [0.05, 0.1) is 6.61 Å². The maximum atomic E-state index is 11.3. The molecular weight excluding hydrogens is 192 g/mol. The van der Waals surface area contributed by atoms with Gasteiger partial charge in [0.25, 0.3) is 0 Å². The summed E-state index contributed by atoms with van der Waals surface area (Å²) in [6.45, 7) is 3.26. The first-order valence-corrected chi connectivity index (χ1v) is 5.84. The highest BCUT2D eigenvalue weighted by molar-refractivity contribution is 5.75. The van der Waals surface area contributed by atoms with E-state index in [-0.39, 0.29) is 5.97 Å². The lowest BCUT2D eigenvalue weighted by Crippen LogP contribution is -2.32. The van der Waals surface area contributed by atoms with Crippen LogP contribution in [0.4, 0.5) is 0 Å². The molecule has 0 aromatic heterocycles. The summed E-state index contributed by atoms with van der Waals surface area (Å²) in [6, 6.07) is -0.474. The van der Waals surface area contributed by atoms with Crippen molar-refractivity contribution in [2.45, 2.75) is 51.5 Å². The van der Waals surface area contributed by atoms with Crippen LogP contribution < -0.4 is 11.5 Å². The molecule has 0 rings (SSSR count). The number of carbonyl (C=O) groups excluding carboxylic acids is 1. The molecular formula is C11H24N2O2. The monoisotopic (exact) mass is 216 g/mol. The zero-order chi connectivity index (χ0) is 11.5. The van der Waals surface area contributed by atoms with Crippen LogP contribution in [0.25, 0.3) is 0 Å². The highest BCUT2D eigenvalue weighted by Gasteiger charge is 2.13. The minimum Gasteiger partial charge on any atom is -0.465 e. The number of ether oxygens (including phenoxy) is 1. The number of unbranched alkanes of at least 4 members (excludes halogenated alkanes) is 3. The largest absolute Gasteiger partial charge is 0.465 e. The normalized spacial score (nSPS) is 12.5.